The fourth-order valence-electron chi connectivity index (χ4n) is 8.77. The van der Waals surface area contributed by atoms with Crippen LogP contribution in [0, 0.1) is 16.7 Å². The number of Topliss-reactive ketones (excluding diaryl/α,β-unsaturated/α-hetero) is 1. The summed E-state index contributed by atoms with van der Waals surface area (Å²) in [4.78, 5) is 54.8. The average Bonchev–Trinajstić information content (AvgIpc) is 3.03. The average molecular weight is 728 g/mol. The maximum absolute atomic E-state index is 14.6. The maximum Gasteiger partial charge on any atom is 0.408 e. The molecule has 1 aromatic rings. The molecule has 13 heteroatoms. The van der Waals surface area contributed by atoms with Crippen LogP contribution in [0.4, 0.5) is 4.79 Å². The van der Waals surface area contributed by atoms with E-state index >= 15 is 0 Å². The van der Waals surface area contributed by atoms with Gasteiger partial charge in [0.05, 0.1) is 24.3 Å². The molecule has 5 rings (SSSR count). The third-order valence-corrected chi connectivity index (χ3v) is 11.5. The van der Waals surface area contributed by atoms with E-state index in [4.69, 9.17) is 18.9 Å². The fourth-order valence-corrected chi connectivity index (χ4v) is 8.77. The lowest BCUT2D eigenvalue weighted by Gasteiger charge is -2.66. The van der Waals surface area contributed by atoms with Crippen LogP contribution in [0.5, 0.6) is 0 Å². The summed E-state index contributed by atoms with van der Waals surface area (Å²) < 4.78 is 23.2. The van der Waals surface area contributed by atoms with Crippen molar-refractivity contribution in [1.29, 1.82) is 0 Å². The Balaban J connectivity index is 1.60. The number of hydrogen-bond acceptors (Lipinski definition) is 12. The first kappa shape index (κ1) is 39.6. The van der Waals surface area contributed by atoms with Gasteiger partial charge in [-0.25, -0.2) is 14.4 Å². The van der Waals surface area contributed by atoms with Gasteiger partial charge in [0, 0.05) is 23.2 Å². The van der Waals surface area contributed by atoms with Gasteiger partial charge in [-0.05, 0) is 77.7 Å². The Kier molecular flexibility index (Phi) is 10.4. The monoisotopic (exact) mass is 727 g/mol. The lowest BCUT2D eigenvalue weighted by Crippen LogP contribution is -2.78. The normalized spacial score (nSPS) is 34.9. The van der Waals surface area contributed by atoms with Crippen LogP contribution in [0.25, 0.3) is 0 Å². The molecule has 13 nitrogen and oxygen atoms in total. The highest BCUT2D eigenvalue weighted by atomic mass is 16.6. The summed E-state index contributed by atoms with van der Waals surface area (Å²) in [6, 6.07) is 6.82. The number of carbonyl (C=O) groups is 4. The summed E-state index contributed by atoms with van der Waals surface area (Å²) in [5, 5.41) is 51.1. The second-order valence-corrected chi connectivity index (χ2v) is 16.8. The molecule has 0 aromatic heterocycles. The molecule has 1 aliphatic heterocycles. The van der Waals surface area contributed by atoms with E-state index in [1.165, 1.54) is 18.2 Å². The van der Waals surface area contributed by atoms with Crippen molar-refractivity contribution >= 4 is 23.8 Å². The number of nitrogens with one attached hydrogen (secondary N) is 1. The lowest BCUT2D eigenvalue weighted by molar-refractivity contribution is -0.329. The zero-order chi connectivity index (χ0) is 38.8. The number of ketones is 1. The Morgan fingerprint density at radius 1 is 1.06 bits per heavy atom. The van der Waals surface area contributed by atoms with Crippen molar-refractivity contribution in [1.82, 2.24) is 5.32 Å². The number of esters is 2. The third kappa shape index (κ3) is 6.70. The number of allylic oxidation sites excluding steroid dienone is 1. The minimum absolute atomic E-state index is 0.0747. The molecule has 286 valence electrons. The number of aliphatic hydroxyl groups excluding tert-OH is 2. The van der Waals surface area contributed by atoms with Crippen molar-refractivity contribution in [3.8, 4) is 0 Å². The smallest absolute Gasteiger partial charge is 0.408 e. The summed E-state index contributed by atoms with van der Waals surface area (Å²) in [6.45, 7) is 14.6. The Labute approximate surface area is 304 Å². The van der Waals surface area contributed by atoms with Gasteiger partial charge in [0.1, 0.15) is 35.1 Å². The van der Waals surface area contributed by atoms with Crippen LogP contribution in [0.3, 0.4) is 0 Å². The summed E-state index contributed by atoms with van der Waals surface area (Å²) in [5.41, 5.74) is -6.54. The molecule has 0 spiro atoms. The molecule has 1 unspecified atom stereocenters. The molecule has 10 atom stereocenters. The van der Waals surface area contributed by atoms with Gasteiger partial charge in [-0.15, -0.1) is 0 Å². The number of benzene rings is 1. The van der Waals surface area contributed by atoms with Crippen LogP contribution in [0.15, 0.2) is 53.1 Å². The van der Waals surface area contributed by atoms with E-state index in [2.05, 4.69) is 5.32 Å². The van der Waals surface area contributed by atoms with Gasteiger partial charge in [0.2, 0.25) is 0 Å². The molecule has 1 amide bonds. The van der Waals surface area contributed by atoms with Crippen LogP contribution in [0.2, 0.25) is 0 Å². The molecule has 2 saturated carbocycles. The minimum Gasteiger partial charge on any atom is -0.456 e. The van der Waals surface area contributed by atoms with Gasteiger partial charge in [-0.1, -0.05) is 50.6 Å². The molecule has 1 aromatic carbocycles. The lowest BCUT2D eigenvalue weighted by atomic mass is 9.45. The highest BCUT2D eigenvalue weighted by Crippen LogP contribution is 2.63. The Bertz CT molecular complexity index is 1660. The third-order valence-electron chi connectivity index (χ3n) is 11.5. The molecular formula is C39H53NO12. The highest BCUT2D eigenvalue weighted by molar-refractivity contribution is 5.93. The summed E-state index contributed by atoms with van der Waals surface area (Å²) in [5.74, 6) is -3.87. The van der Waals surface area contributed by atoms with Crippen LogP contribution < -0.4 is 5.32 Å². The number of alkyl carbamates (subject to hydrolysis) is 1. The predicted octanol–water partition coefficient (Wildman–Crippen LogP) is 3.31. The van der Waals surface area contributed by atoms with E-state index in [1.54, 1.807) is 80.5 Å². The van der Waals surface area contributed by atoms with Crippen LogP contribution in [0.1, 0.15) is 91.9 Å². The molecule has 52 heavy (non-hydrogen) atoms. The number of rotatable bonds is 7. The number of fused-ring (bicyclic) bond motifs is 5. The topological polar surface area (TPSA) is 198 Å². The van der Waals surface area contributed by atoms with Crippen molar-refractivity contribution < 1.29 is 58.6 Å². The highest BCUT2D eigenvalue weighted by Gasteiger charge is 2.74. The van der Waals surface area contributed by atoms with Crippen molar-refractivity contribution in [2.24, 2.45) is 16.7 Å². The van der Waals surface area contributed by atoms with Gasteiger partial charge < -0.3 is 44.7 Å². The largest absolute Gasteiger partial charge is 0.456 e. The predicted molar refractivity (Wildman–Crippen MR) is 187 cm³/mol. The zero-order valence-corrected chi connectivity index (χ0v) is 31.4. The Morgan fingerprint density at radius 3 is 2.25 bits per heavy atom. The second kappa shape index (κ2) is 13.7. The van der Waals surface area contributed by atoms with Crippen LogP contribution >= 0.6 is 0 Å². The summed E-state index contributed by atoms with van der Waals surface area (Å²) in [6.07, 6.45) is -6.72. The van der Waals surface area contributed by atoms with E-state index in [9.17, 15) is 39.6 Å². The number of hydrogen-bond donors (Lipinski definition) is 5. The van der Waals surface area contributed by atoms with Gasteiger partial charge in [-0.3, -0.25) is 4.79 Å². The standard InChI is InChI=1S/C39H53NO12/c1-20(2)17-23(40-34(46)52-35(4,5)6)27(41)33(45)50-24-18-39(48)31(51-32(44)22-13-11-10-12-14-22)29-37(9,16-15-25-38(29,47)19-49-25)30(43)28(42)26(21(24)3)36(39,7)8/h10-14,17,23-25,27-29,31,41-42,47-48H,15-16,18-19H2,1-9H3,(H,40,46)/t23-,24-,25+,27+,28+,29-,31?,37+,38-,39+/m0/s1. The van der Waals surface area contributed by atoms with Gasteiger partial charge in [0.15, 0.2) is 11.9 Å². The first-order valence-electron chi connectivity index (χ1n) is 17.8. The van der Waals surface area contributed by atoms with Crippen molar-refractivity contribution in [2.75, 3.05) is 6.61 Å². The quantitative estimate of drug-likeness (QED) is 0.156. The van der Waals surface area contributed by atoms with Crippen LogP contribution in [-0.2, 0) is 28.5 Å². The number of ether oxygens (including phenoxy) is 4. The summed E-state index contributed by atoms with van der Waals surface area (Å²) >= 11 is 0. The molecule has 5 N–H and O–H groups in total. The van der Waals surface area contributed by atoms with Gasteiger partial charge >= 0.3 is 18.0 Å². The first-order chi connectivity index (χ1) is 24.0. The van der Waals surface area contributed by atoms with Crippen LogP contribution in [-0.4, -0.2) is 104 Å². The number of carbonyl (C=O) groups excluding carboxylic acids is 4. The molecule has 4 aliphatic rings. The summed E-state index contributed by atoms with van der Waals surface area (Å²) in [7, 11) is 0. The van der Waals surface area contributed by atoms with E-state index in [1.807, 2.05) is 0 Å². The van der Waals surface area contributed by atoms with Gasteiger partial charge in [0.25, 0.3) is 0 Å². The molecule has 2 bridgehead atoms. The molecule has 1 heterocycles. The Hall–Kier alpha value is -3.62. The molecule has 3 aliphatic carbocycles. The second-order valence-electron chi connectivity index (χ2n) is 16.8. The number of amides is 1. The molecule has 1 saturated heterocycles. The van der Waals surface area contributed by atoms with Crippen molar-refractivity contribution in [2.45, 2.75) is 135 Å². The molecular weight excluding hydrogens is 674 g/mol. The van der Waals surface area contributed by atoms with E-state index in [0.717, 1.165) is 0 Å². The van der Waals surface area contributed by atoms with Gasteiger partial charge in [-0.2, -0.15) is 0 Å². The zero-order valence-electron chi connectivity index (χ0n) is 31.4. The SMILES string of the molecule is CC(C)=C[C@H](NC(=O)OC(C)(C)C)[C@@H](O)C(=O)O[C@H]1C[C@@]2(O)C(OC(=O)c3ccccc3)[C@@H]3[C@]4(O)CO[C@@H]4CC[C@@]3(C)C(=O)[C@H](O)C(=C1C)C2(C)C. The van der Waals surface area contributed by atoms with E-state index in [-0.39, 0.29) is 29.7 Å². The van der Waals surface area contributed by atoms with E-state index < -0.39 is 100 Å². The van der Waals surface area contributed by atoms with Crippen molar-refractivity contribution in [3.63, 3.8) is 0 Å². The molecule has 3 fully saturated rings. The van der Waals surface area contributed by atoms with Crippen molar-refractivity contribution in [3.05, 3.63) is 58.7 Å². The number of aliphatic hydroxyl groups is 4. The maximum atomic E-state index is 14.6. The fraction of sp³-hybridized carbons (Fsp3) is 0.641. The van der Waals surface area contributed by atoms with E-state index in [0.29, 0.717) is 12.0 Å². The first-order valence-corrected chi connectivity index (χ1v) is 17.8. The molecule has 0 radical (unpaired) electrons. The Morgan fingerprint density at radius 2 is 1.69 bits per heavy atom. The minimum atomic E-state index is -2.17.